The lowest BCUT2D eigenvalue weighted by molar-refractivity contribution is 0.659. The quantitative estimate of drug-likeness (QED) is 0.113. The van der Waals surface area contributed by atoms with Crippen LogP contribution in [0.25, 0.3) is 87.7 Å². The van der Waals surface area contributed by atoms with Crippen molar-refractivity contribution in [2.45, 2.75) is 0 Å². The Morgan fingerprint density at radius 1 is 0.378 bits per heavy atom. The van der Waals surface area contributed by atoms with Gasteiger partial charge in [0.15, 0.2) is 0 Å². The summed E-state index contributed by atoms with van der Waals surface area (Å²) in [6.07, 6.45) is 0. The predicted octanol–water partition coefficient (Wildman–Crippen LogP) is 9.90. The van der Waals surface area contributed by atoms with Crippen molar-refractivity contribution in [3.05, 3.63) is 154 Å². The van der Waals surface area contributed by atoms with E-state index < -0.39 is 0 Å². The van der Waals surface area contributed by atoms with Crippen LogP contribution in [0.1, 0.15) is 0 Å². The fraction of sp³-hybridized carbons (Fsp3) is 0. The van der Waals surface area contributed by atoms with E-state index >= 15 is 0 Å². The second kappa shape index (κ2) is 10.3. The average Bonchev–Trinajstić information content (AvgIpc) is 3.07. The summed E-state index contributed by atoms with van der Waals surface area (Å²) in [5.74, 6) is 0. The van der Waals surface area contributed by atoms with Crippen LogP contribution in [0.3, 0.4) is 0 Å². The van der Waals surface area contributed by atoms with Crippen molar-refractivity contribution in [1.29, 1.82) is 0 Å². The van der Waals surface area contributed by atoms with Gasteiger partial charge in [0.1, 0.15) is 22.3 Å². The van der Waals surface area contributed by atoms with Crippen LogP contribution < -0.4 is 10.9 Å². The molecule has 1 unspecified atom stereocenters. The van der Waals surface area contributed by atoms with Gasteiger partial charge in [0.05, 0.1) is 21.5 Å². The summed E-state index contributed by atoms with van der Waals surface area (Å²) >= 11 is 0. The first-order valence-corrected chi connectivity index (χ1v) is 14.5. The molecule has 214 valence electrons. The first-order chi connectivity index (χ1) is 21.6. The average molecular weight is 601 g/mol. The molecule has 9 aromatic rings. The number of benzene rings is 7. The highest BCUT2D eigenvalue weighted by atomic mass is 31.0. The van der Waals surface area contributed by atoms with Crippen molar-refractivity contribution < 1.29 is 8.83 Å². The standard InChI is InChI=1S/C40H22O4.H3P/c41-39-31-7-1-3-11-33(31)43-35-13-5-9-29(37(35)39)25-17-19-27-23(21-25)15-16-24-22-26(18-20-28(24)27)30-10-6-14-36-38(30)40(42)32-8-2-4-12-34(32)44-36;/h1-22H;1H3. The molecule has 0 fully saturated rings. The molecule has 5 heteroatoms. The van der Waals surface area contributed by atoms with Gasteiger partial charge in [-0.3, -0.25) is 9.59 Å². The number of rotatable bonds is 2. The second-order valence-electron chi connectivity index (χ2n) is 11.1. The van der Waals surface area contributed by atoms with Crippen LogP contribution in [0.2, 0.25) is 0 Å². The van der Waals surface area contributed by atoms with E-state index in [1.807, 2.05) is 84.9 Å². The molecule has 9 rings (SSSR count). The maximum Gasteiger partial charge on any atom is 0.201 e. The number of para-hydroxylation sites is 2. The minimum atomic E-state index is -0.0287. The Labute approximate surface area is 259 Å². The first-order valence-electron chi connectivity index (χ1n) is 14.5. The van der Waals surface area contributed by atoms with E-state index in [2.05, 4.69) is 48.5 Å². The van der Waals surface area contributed by atoms with Crippen molar-refractivity contribution >= 4 is 75.3 Å². The minimum absolute atomic E-state index is 0. The smallest absolute Gasteiger partial charge is 0.201 e. The van der Waals surface area contributed by atoms with Gasteiger partial charge in [0.2, 0.25) is 10.9 Å². The van der Waals surface area contributed by atoms with Gasteiger partial charge >= 0.3 is 0 Å². The van der Waals surface area contributed by atoms with E-state index in [4.69, 9.17) is 8.83 Å². The fourth-order valence-corrected chi connectivity index (χ4v) is 6.58. The molecule has 2 heterocycles. The molecule has 2 aromatic heterocycles. The van der Waals surface area contributed by atoms with Crippen LogP contribution in [-0.4, -0.2) is 0 Å². The largest absolute Gasteiger partial charge is 0.456 e. The Kier molecular flexibility index (Phi) is 6.16. The molecule has 0 saturated heterocycles. The summed E-state index contributed by atoms with van der Waals surface area (Å²) in [7, 11) is 0. The molecule has 7 aromatic carbocycles. The van der Waals surface area contributed by atoms with E-state index in [9.17, 15) is 9.59 Å². The van der Waals surface area contributed by atoms with Gasteiger partial charge in [-0.15, -0.1) is 0 Å². The van der Waals surface area contributed by atoms with Gasteiger partial charge in [-0.25, -0.2) is 0 Å². The Hall–Kier alpha value is -5.57. The summed E-state index contributed by atoms with van der Waals surface area (Å²) < 4.78 is 12.2. The molecule has 45 heavy (non-hydrogen) atoms. The third-order valence-electron chi connectivity index (χ3n) is 8.67. The zero-order valence-corrected chi connectivity index (χ0v) is 25.5. The maximum absolute atomic E-state index is 13.6. The second-order valence-corrected chi connectivity index (χ2v) is 11.1. The molecule has 0 aliphatic carbocycles. The van der Waals surface area contributed by atoms with E-state index in [0.717, 1.165) is 43.8 Å². The molecule has 0 N–H and O–H groups in total. The summed E-state index contributed by atoms with van der Waals surface area (Å²) in [5.41, 5.74) is 5.88. The highest BCUT2D eigenvalue weighted by Crippen LogP contribution is 2.36. The topological polar surface area (TPSA) is 60.4 Å². The maximum atomic E-state index is 13.6. The molecule has 0 radical (unpaired) electrons. The van der Waals surface area contributed by atoms with Gasteiger partial charge in [-0.2, -0.15) is 9.90 Å². The lowest BCUT2D eigenvalue weighted by Gasteiger charge is -2.11. The monoisotopic (exact) mass is 600 g/mol. The SMILES string of the molecule is O=c1c2ccccc2oc2cccc(-c3ccc4c(ccc5cc(-c6cccc7oc8ccccc8c(=O)c67)ccc54)c3)c12.P. The lowest BCUT2D eigenvalue weighted by Crippen LogP contribution is -2.03. The normalized spacial score (nSPS) is 11.6. The molecule has 0 amide bonds. The Morgan fingerprint density at radius 2 is 0.800 bits per heavy atom. The highest BCUT2D eigenvalue weighted by Gasteiger charge is 2.15. The predicted molar refractivity (Wildman–Crippen MR) is 191 cm³/mol. The molecule has 1 atom stereocenters. The third-order valence-corrected chi connectivity index (χ3v) is 8.67. The van der Waals surface area contributed by atoms with Crippen molar-refractivity contribution in [2.24, 2.45) is 0 Å². The van der Waals surface area contributed by atoms with Crippen LogP contribution in [0, 0.1) is 0 Å². The fourth-order valence-electron chi connectivity index (χ4n) is 6.58. The summed E-state index contributed by atoms with van der Waals surface area (Å²) in [6.45, 7) is 0. The molecule has 4 nitrogen and oxygen atoms in total. The van der Waals surface area contributed by atoms with Crippen LogP contribution in [0.5, 0.6) is 0 Å². The number of hydrogen-bond donors (Lipinski definition) is 0. The Balaban J connectivity index is 0.00000300. The van der Waals surface area contributed by atoms with E-state index in [1.54, 1.807) is 0 Å². The first kappa shape index (κ1) is 27.0. The van der Waals surface area contributed by atoms with Gasteiger partial charge in [-0.05, 0) is 92.3 Å². The highest BCUT2D eigenvalue weighted by molar-refractivity contribution is 6.92. The van der Waals surface area contributed by atoms with Crippen LogP contribution in [0.15, 0.2) is 152 Å². The molecular weight excluding hydrogens is 575 g/mol. The molecule has 0 saturated carbocycles. The third kappa shape index (κ3) is 4.11. The van der Waals surface area contributed by atoms with Gasteiger partial charge in [-0.1, -0.05) is 84.9 Å². The summed E-state index contributed by atoms with van der Waals surface area (Å²) in [6, 6.07) is 43.1. The summed E-state index contributed by atoms with van der Waals surface area (Å²) in [5, 5.41) is 6.69. The zero-order valence-electron chi connectivity index (χ0n) is 24.0. The van der Waals surface area contributed by atoms with Gasteiger partial charge < -0.3 is 8.83 Å². The summed E-state index contributed by atoms with van der Waals surface area (Å²) in [4.78, 5) is 27.1. The molecular formula is C40H25O4P. The van der Waals surface area contributed by atoms with Crippen LogP contribution in [-0.2, 0) is 0 Å². The molecule has 0 aliphatic heterocycles. The molecule has 0 aliphatic rings. The van der Waals surface area contributed by atoms with Crippen LogP contribution >= 0.6 is 9.90 Å². The van der Waals surface area contributed by atoms with E-state index in [-0.39, 0.29) is 20.8 Å². The van der Waals surface area contributed by atoms with Crippen molar-refractivity contribution in [1.82, 2.24) is 0 Å². The Bertz CT molecular complexity index is 2580. The van der Waals surface area contributed by atoms with Gasteiger partial charge in [0.25, 0.3) is 0 Å². The van der Waals surface area contributed by atoms with Crippen molar-refractivity contribution in [2.75, 3.05) is 0 Å². The lowest BCUT2D eigenvalue weighted by atomic mass is 9.93. The minimum Gasteiger partial charge on any atom is -0.456 e. The Morgan fingerprint density at radius 3 is 1.27 bits per heavy atom. The number of fused-ring (bicyclic) bond motifs is 7. The molecule has 0 bridgehead atoms. The molecule has 0 spiro atoms. The van der Waals surface area contributed by atoms with E-state index in [0.29, 0.717) is 43.9 Å². The van der Waals surface area contributed by atoms with E-state index in [1.165, 1.54) is 0 Å². The zero-order chi connectivity index (χ0) is 29.4. The van der Waals surface area contributed by atoms with Gasteiger partial charge in [0, 0.05) is 0 Å². The van der Waals surface area contributed by atoms with Crippen molar-refractivity contribution in [3.63, 3.8) is 0 Å². The van der Waals surface area contributed by atoms with Crippen LogP contribution in [0.4, 0.5) is 0 Å². The van der Waals surface area contributed by atoms with Crippen molar-refractivity contribution in [3.8, 4) is 22.3 Å². The number of hydrogen-bond acceptors (Lipinski definition) is 4.